The molecule has 10 heteroatoms. The zero-order valence-electron chi connectivity index (χ0n) is 24.7. The van der Waals surface area contributed by atoms with Crippen LogP contribution in [0.2, 0.25) is 0 Å². The third kappa shape index (κ3) is 6.44. The summed E-state index contributed by atoms with van der Waals surface area (Å²) in [7, 11) is 0. The fourth-order valence-electron chi connectivity index (χ4n) is 5.65. The predicted octanol–water partition coefficient (Wildman–Crippen LogP) is 4.51. The summed E-state index contributed by atoms with van der Waals surface area (Å²) >= 11 is 0. The van der Waals surface area contributed by atoms with E-state index in [-0.39, 0.29) is 17.5 Å². The van der Waals surface area contributed by atoms with Crippen LogP contribution in [0, 0.1) is 6.92 Å². The molecule has 0 atom stereocenters. The van der Waals surface area contributed by atoms with Crippen molar-refractivity contribution in [2.24, 2.45) is 5.73 Å². The monoisotopic (exact) mass is 592 g/mol. The van der Waals surface area contributed by atoms with E-state index in [0.29, 0.717) is 41.6 Å². The maximum Gasteiger partial charge on any atom is 0.277 e. The number of carbonyl (C=O) groups excluding carboxylic acids is 3. The Hall–Kier alpha value is -5.12. The minimum Gasteiger partial charge on any atom is -0.448 e. The van der Waals surface area contributed by atoms with Gasteiger partial charge in [-0.3, -0.25) is 14.4 Å². The maximum atomic E-state index is 13.3. The molecule has 1 saturated carbocycles. The smallest absolute Gasteiger partial charge is 0.277 e. The zero-order chi connectivity index (χ0) is 30.6. The summed E-state index contributed by atoms with van der Waals surface area (Å²) in [6.45, 7) is 5.57. The number of hydrogen-bond acceptors (Lipinski definition) is 7. The van der Waals surface area contributed by atoms with Gasteiger partial charge in [-0.05, 0) is 67.6 Å². The topological polar surface area (TPSA) is 134 Å². The highest BCUT2D eigenvalue weighted by Gasteiger charge is 2.30. The van der Waals surface area contributed by atoms with Crippen molar-refractivity contribution in [3.05, 3.63) is 107 Å². The number of nitrogens with two attached hydrogens (primary N) is 1. The van der Waals surface area contributed by atoms with Crippen molar-refractivity contribution in [3.8, 4) is 0 Å². The molecule has 44 heavy (non-hydrogen) atoms. The lowest BCUT2D eigenvalue weighted by molar-refractivity contribution is 0.0952. The van der Waals surface area contributed by atoms with E-state index in [4.69, 9.17) is 10.2 Å². The van der Waals surface area contributed by atoms with Gasteiger partial charge in [-0.1, -0.05) is 36.4 Å². The third-order valence-electron chi connectivity index (χ3n) is 8.23. The first-order valence-corrected chi connectivity index (χ1v) is 15.0. The summed E-state index contributed by atoms with van der Waals surface area (Å²) in [5.41, 5.74) is 11.2. The molecule has 2 fully saturated rings. The van der Waals surface area contributed by atoms with Crippen molar-refractivity contribution in [1.82, 2.24) is 10.3 Å². The average molecular weight is 593 g/mol. The summed E-state index contributed by atoms with van der Waals surface area (Å²) in [6, 6.07) is 20.8. The lowest BCUT2D eigenvalue weighted by atomic mass is 10.0. The van der Waals surface area contributed by atoms with Gasteiger partial charge in [0.25, 0.3) is 11.8 Å². The van der Waals surface area contributed by atoms with Crippen molar-refractivity contribution in [2.75, 3.05) is 47.8 Å². The van der Waals surface area contributed by atoms with E-state index in [0.717, 1.165) is 50.3 Å². The molecule has 0 radical (unpaired) electrons. The highest BCUT2D eigenvalue weighted by atomic mass is 16.3. The van der Waals surface area contributed by atoms with E-state index in [2.05, 4.69) is 50.5 Å². The Morgan fingerprint density at radius 1 is 0.909 bits per heavy atom. The van der Waals surface area contributed by atoms with Gasteiger partial charge < -0.3 is 30.6 Å². The van der Waals surface area contributed by atoms with Crippen LogP contribution < -0.4 is 26.2 Å². The van der Waals surface area contributed by atoms with Crippen LogP contribution in [0.5, 0.6) is 0 Å². The van der Waals surface area contributed by atoms with Gasteiger partial charge in [-0.25, -0.2) is 4.98 Å². The van der Waals surface area contributed by atoms with Crippen LogP contribution in [0.15, 0.2) is 77.4 Å². The van der Waals surface area contributed by atoms with E-state index in [1.54, 1.807) is 24.3 Å². The van der Waals surface area contributed by atoms with E-state index < -0.39 is 5.91 Å². The minimum atomic E-state index is -0.501. The molecule has 3 aromatic carbocycles. The number of aryl methyl sites for hydroxylation is 1. The molecule has 1 aromatic heterocycles. The number of oxazole rings is 1. The van der Waals surface area contributed by atoms with Crippen molar-refractivity contribution in [2.45, 2.75) is 32.1 Å². The fourth-order valence-corrected chi connectivity index (χ4v) is 5.65. The molecule has 1 saturated heterocycles. The fraction of sp³-hybridized carbons (Fsp3) is 0.294. The number of amides is 3. The number of hydrogen-bond donors (Lipinski definition) is 3. The number of benzene rings is 3. The summed E-state index contributed by atoms with van der Waals surface area (Å²) in [5.74, 6) is -0.294. The second kappa shape index (κ2) is 12.6. The van der Waals surface area contributed by atoms with Crippen LogP contribution in [-0.2, 0) is 6.42 Å². The Balaban J connectivity index is 1.19. The molecular formula is C34H36N6O4. The molecule has 4 N–H and O–H groups in total. The average Bonchev–Trinajstić information content (AvgIpc) is 3.77. The lowest BCUT2D eigenvalue weighted by Gasteiger charge is -2.38. The highest BCUT2D eigenvalue weighted by molar-refractivity contribution is 6.06. The standard InChI is InChI=1S/C34H36N6O4/c1-22-6-2-5-9-29(22)39-16-18-40(19-17-39)30-13-12-25(32(42)36-15-14-23-7-3-4-8-26(23)31(35)41)20-27(30)37-33(43)28-21-44-34(38-28)24-10-11-24/h2-9,12-13,20-21,24H,10-11,14-19H2,1H3,(H2,35,41)(H,36,42)(H,37,43). The Morgan fingerprint density at radius 3 is 2.34 bits per heavy atom. The van der Waals surface area contributed by atoms with Crippen molar-refractivity contribution >= 4 is 34.8 Å². The number of carbonyl (C=O) groups is 3. The van der Waals surface area contributed by atoms with Crippen LogP contribution in [0.4, 0.5) is 17.1 Å². The number of rotatable bonds is 10. The van der Waals surface area contributed by atoms with Crippen LogP contribution in [-0.4, -0.2) is 55.4 Å². The molecule has 2 heterocycles. The van der Waals surface area contributed by atoms with Gasteiger partial charge in [0, 0.05) is 55.5 Å². The zero-order valence-corrected chi connectivity index (χ0v) is 24.7. The lowest BCUT2D eigenvalue weighted by Crippen LogP contribution is -2.47. The Kier molecular flexibility index (Phi) is 8.31. The molecule has 1 aliphatic heterocycles. The van der Waals surface area contributed by atoms with Crippen LogP contribution in [0.1, 0.15) is 67.0 Å². The van der Waals surface area contributed by atoms with Crippen LogP contribution >= 0.6 is 0 Å². The number of primary amides is 1. The number of nitrogens with zero attached hydrogens (tertiary/aromatic N) is 3. The second-order valence-electron chi connectivity index (χ2n) is 11.3. The number of anilines is 3. The molecule has 226 valence electrons. The summed E-state index contributed by atoms with van der Waals surface area (Å²) in [6.07, 6.45) is 3.88. The number of para-hydroxylation sites is 1. The molecule has 10 nitrogen and oxygen atoms in total. The van der Waals surface area contributed by atoms with Crippen LogP contribution in [0.25, 0.3) is 0 Å². The van der Waals surface area contributed by atoms with Gasteiger partial charge >= 0.3 is 0 Å². The number of piperazine rings is 1. The largest absolute Gasteiger partial charge is 0.448 e. The van der Waals surface area contributed by atoms with Crippen LogP contribution in [0.3, 0.4) is 0 Å². The molecule has 2 aliphatic rings. The van der Waals surface area contributed by atoms with E-state index in [1.807, 2.05) is 24.3 Å². The summed E-state index contributed by atoms with van der Waals surface area (Å²) in [5, 5.41) is 5.92. The van der Waals surface area contributed by atoms with E-state index in [1.165, 1.54) is 17.5 Å². The van der Waals surface area contributed by atoms with E-state index in [9.17, 15) is 14.4 Å². The van der Waals surface area contributed by atoms with Crippen molar-refractivity contribution in [1.29, 1.82) is 0 Å². The highest BCUT2D eigenvalue weighted by Crippen LogP contribution is 2.39. The first-order chi connectivity index (χ1) is 21.4. The van der Waals surface area contributed by atoms with Gasteiger partial charge in [0.1, 0.15) is 6.26 Å². The number of aromatic nitrogens is 1. The predicted molar refractivity (Wildman–Crippen MR) is 169 cm³/mol. The van der Waals surface area contributed by atoms with E-state index >= 15 is 0 Å². The van der Waals surface area contributed by atoms with Gasteiger partial charge in [0.15, 0.2) is 11.6 Å². The molecule has 6 rings (SSSR count). The first-order valence-electron chi connectivity index (χ1n) is 15.0. The van der Waals surface area contributed by atoms with Gasteiger partial charge in [0.2, 0.25) is 5.91 Å². The minimum absolute atomic E-state index is 0.213. The van der Waals surface area contributed by atoms with Gasteiger partial charge in [-0.15, -0.1) is 0 Å². The summed E-state index contributed by atoms with van der Waals surface area (Å²) in [4.78, 5) is 47.2. The Bertz CT molecular complexity index is 1690. The van der Waals surface area contributed by atoms with Crippen molar-refractivity contribution in [3.63, 3.8) is 0 Å². The third-order valence-corrected chi connectivity index (χ3v) is 8.23. The van der Waals surface area contributed by atoms with Crippen molar-refractivity contribution < 1.29 is 18.8 Å². The molecule has 4 aromatic rings. The summed E-state index contributed by atoms with van der Waals surface area (Å²) < 4.78 is 5.54. The normalized spacial score (nSPS) is 14.8. The molecule has 0 bridgehead atoms. The van der Waals surface area contributed by atoms with Gasteiger partial charge in [-0.2, -0.15) is 0 Å². The first kappa shape index (κ1) is 29.0. The molecular weight excluding hydrogens is 556 g/mol. The quantitative estimate of drug-likeness (QED) is 0.247. The Morgan fingerprint density at radius 2 is 1.61 bits per heavy atom. The molecule has 0 unspecified atom stereocenters. The van der Waals surface area contributed by atoms with Gasteiger partial charge in [0.05, 0.1) is 11.4 Å². The Labute approximate surface area is 256 Å². The maximum absolute atomic E-state index is 13.3. The molecule has 3 amide bonds. The molecule has 1 aliphatic carbocycles. The molecule has 0 spiro atoms. The number of nitrogens with one attached hydrogen (secondary N) is 2. The second-order valence-corrected chi connectivity index (χ2v) is 11.3. The SMILES string of the molecule is Cc1ccccc1N1CCN(c2ccc(C(=O)NCCc3ccccc3C(N)=O)cc2NC(=O)c2coc(C3CC3)n2)CC1.